The van der Waals surface area contributed by atoms with E-state index in [2.05, 4.69) is 9.59 Å². The normalized spacial score (nSPS) is 12.7. The van der Waals surface area contributed by atoms with Crippen LogP contribution < -0.4 is 5.73 Å². The number of nitrogens with two attached hydrogens (primary N) is 1. The quantitative estimate of drug-likeness (QED) is 0.891. The lowest BCUT2D eigenvalue weighted by atomic mass is 10.0. The van der Waals surface area contributed by atoms with Gasteiger partial charge in [0.2, 0.25) is 0 Å². The average molecular weight is 237 g/mol. The third-order valence-corrected chi connectivity index (χ3v) is 3.26. The van der Waals surface area contributed by atoms with Crippen LogP contribution in [-0.4, -0.2) is 9.59 Å². The second-order valence-corrected chi connectivity index (χ2v) is 4.26. The van der Waals surface area contributed by atoms with Crippen LogP contribution in [0.15, 0.2) is 24.3 Å². The molecular weight excluding hydrogens is 225 g/mol. The van der Waals surface area contributed by atoms with Crippen LogP contribution >= 0.6 is 11.5 Å². The van der Waals surface area contributed by atoms with Gasteiger partial charge in [-0.15, -0.1) is 5.10 Å². The zero-order chi connectivity index (χ0) is 11.5. The van der Waals surface area contributed by atoms with Gasteiger partial charge >= 0.3 is 0 Å². The minimum Gasteiger partial charge on any atom is -0.319 e. The van der Waals surface area contributed by atoms with Crippen LogP contribution in [0, 0.1) is 5.82 Å². The first-order valence-electron chi connectivity index (χ1n) is 5.04. The fourth-order valence-corrected chi connectivity index (χ4v) is 2.32. The predicted molar refractivity (Wildman–Crippen MR) is 61.7 cm³/mol. The molecule has 2 N–H and O–H groups in total. The van der Waals surface area contributed by atoms with E-state index in [1.807, 2.05) is 13.0 Å². The number of hydrogen-bond acceptors (Lipinski definition) is 4. The molecule has 2 rings (SSSR count). The number of aromatic nitrogens is 2. The predicted octanol–water partition coefficient (Wildman–Crippen LogP) is 2.29. The molecule has 1 unspecified atom stereocenters. The summed E-state index contributed by atoms with van der Waals surface area (Å²) in [7, 11) is 0. The van der Waals surface area contributed by atoms with Gasteiger partial charge in [-0.1, -0.05) is 23.5 Å². The molecule has 3 nitrogen and oxygen atoms in total. The van der Waals surface area contributed by atoms with E-state index < -0.39 is 0 Å². The number of rotatable bonds is 3. The molecule has 16 heavy (non-hydrogen) atoms. The molecule has 5 heteroatoms. The molecule has 84 valence electrons. The zero-order valence-electron chi connectivity index (χ0n) is 8.85. The molecule has 0 aliphatic heterocycles. The summed E-state index contributed by atoms with van der Waals surface area (Å²) in [5.74, 6) is -0.275. The number of hydrogen-bond donors (Lipinski definition) is 1. The largest absolute Gasteiger partial charge is 0.319 e. The van der Waals surface area contributed by atoms with Gasteiger partial charge in [0.1, 0.15) is 5.82 Å². The summed E-state index contributed by atoms with van der Waals surface area (Å²) >= 11 is 1.27. The SMILES string of the molecule is CCc1nnsc1C(N)c1cccc(F)c1. The molecule has 1 aromatic heterocycles. The summed E-state index contributed by atoms with van der Waals surface area (Å²) < 4.78 is 16.9. The Balaban J connectivity index is 2.35. The Hall–Kier alpha value is -1.33. The molecule has 0 amide bonds. The van der Waals surface area contributed by atoms with Crippen molar-refractivity contribution >= 4 is 11.5 Å². The van der Waals surface area contributed by atoms with Crippen molar-refractivity contribution in [1.29, 1.82) is 0 Å². The fraction of sp³-hybridized carbons (Fsp3) is 0.273. The fourth-order valence-electron chi connectivity index (χ4n) is 1.55. The lowest BCUT2D eigenvalue weighted by Crippen LogP contribution is -2.12. The van der Waals surface area contributed by atoms with E-state index in [0.29, 0.717) is 0 Å². The van der Waals surface area contributed by atoms with E-state index in [1.54, 1.807) is 6.07 Å². The van der Waals surface area contributed by atoms with Crippen LogP contribution in [0.3, 0.4) is 0 Å². The maximum Gasteiger partial charge on any atom is 0.123 e. The number of nitrogens with zero attached hydrogens (tertiary/aromatic N) is 2. The second-order valence-electron chi connectivity index (χ2n) is 3.47. The Bertz CT molecular complexity index is 484. The molecule has 0 bridgehead atoms. The molecule has 1 aromatic carbocycles. The molecule has 0 saturated carbocycles. The molecular formula is C11H12FN3S. The third-order valence-electron chi connectivity index (χ3n) is 2.41. The van der Waals surface area contributed by atoms with Gasteiger partial charge in [-0.25, -0.2) is 4.39 Å². The number of benzene rings is 1. The zero-order valence-corrected chi connectivity index (χ0v) is 9.67. The van der Waals surface area contributed by atoms with E-state index in [1.165, 1.54) is 23.7 Å². The Morgan fingerprint density at radius 1 is 1.50 bits per heavy atom. The molecule has 0 aliphatic rings. The van der Waals surface area contributed by atoms with Gasteiger partial charge in [0.15, 0.2) is 0 Å². The smallest absolute Gasteiger partial charge is 0.123 e. The molecule has 0 spiro atoms. The van der Waals surface area contributed by atoms with Crippen molar-refractivity contribution in [3.63, 3.8) is 0 Å². The molecule has 1 atom stereocenters. The highest BCUT2D eigenvalue weighted by Gasteiger charge is 2.16. The van der Waals surface area contributed by atoms with Crippen molar-refractivity contribution in [3.8, 4) is 0 Å². The van der Waals surface area contributed by atoms with Crippen LogP contribution in [0.2, 0.25) is 0 Å². The highest BCUT2D eigenvalue weighted by molar-refractivity contribution is 7.05. The van der Waals surface area contributed by atoms with E-state index in [4.69, 9.17) is 5.73 Å². The highest BCUT2D eigenvalue weighted by atomic mass is 32.1. The van der Waals surface area contributed by atoms with E-state index in [0.717, 1.165) is 22.6 Å². The maximum absolute atomic E-state index is 13.1. The monoisotopic (exact) mass is 237 g/mol. The van der Waals surface area contributed by atoms with Crippen LogP contribution in [0.25, 0.3) is 0 Å². The molecule has 0 aliphatic carbocycles. The summed E-state index contributed by atoms with van der Waals surface area (Å²) in [6.07, 6.45) is 0.787. The summed E-state index contributed by atoms with van der Waals surface area (Å²) in [6, 6.07) is 5.98. The van der Waals surface area contributed by atoms with Gasteiger partial charge in [0.25, 0.3) is 0 Å². The first-order chi connectivity index (χ1) is 7.72. The summed E-state index contributed by atoms with van der Waals surface area (Å²) in [6.45, 7) is 2.00. The molecule has 0 fully saturated rings. The van der Waals surface area contributed by atoms with Gasteiger partial charge < -0.3 is 5.73 Å². The van der Waals surface area contributed by atoms with Crippen molar-refractivity contribution in [2.45, 2.75) is 19.4 Å². The third kappa shape index (κ3) is 2.10. The summed E-state index contributed by atoms with van der Waals surface area (Å²) in [5.41, 5.74) is 7.71. The number of halogens is 1. The molecule has 2 aromatic rings. The minimum atomic E-state index is -0.342. The topological polar surface area (TPSA) is 51.8 Å². The van der Waals surface area contributed by atoms with Crippen LogP contribution in [0.1, 0.15) is 29.1 Å². The van der Waals surface area contributed by atoms with Crippen molar-refractivity contribution in [1.82, 2.24) is 9.59 Å². The van der Waals surface area contributed by atoms with Crippen molar-refractivity contribution in [3.05, 3.63) is 46.2 Å². The van der Waals surface area contributed by atoms with Gasteiger partial charge in [-0.05, 0) is 35.6 Å². The second kappa shape index (κ2) is 4.67. The van der Waals surface area contributed by atoms with Gasteiger partial charge in [0, 0.05) is 0 Å². The van der Waals surface area contributed by atoms with Gasteiger partial charge in [-0.2, -0.15) is 0 Å². The lowest BCUT2D eigenvalue weighted by molar-refractivity contribution is 0.623. The summed E-state index contributed by atoms with van der Waals surface area (Å²) in [4.78, 5) is 0.910. The van der Waals surface area contributed by atoms with E-state index in [9.17, 15) is 4.39 Å². The molecule has 1 heterocycles. The van der Waals surface area contributed by atoms with Crippen LogP contribution in [0.4, 0.5) is 4.39 Å². The first kappa shape index (κ1) is 11.2. The van der Waals surface area contributed by atoms with Gasteiger partial charge in [0.05, 0.1) is 16.6 Å². The Labute approximate surface area is 97.3 Å². The van der Waals surface area contributed by atoms with Crippen molar-refractivity contribution in [2.24, 2.45) is 5.73 Å². The van der Waals surface area contributed by atoms with Crippen molar-refractivity contribution in [2.75, 3.05) is 0 Å². The van der Waals surface area contributed by atoms with Gasteiger partial charge in [-0.3, -0.25) is 0 Å². The van der Waals surface area contributed by atoms with E-state index in [-0.39, 0.29) is 11.9 Å². The minimum absolute atomic E-state index is 0.275. The standard InChI is InChI=1S/C11H12FN3S/c1-2-9-11(16-15-14-9)10(13)7-4-3-5-8(12)6-7/h3-6,10H,2,13H2,1H3. The Morgan fingerprint density at radius 2 is 2.31 bits per heavy atom. The average Bonchev–Trinajstić information content (AvgIpc) is 2.76. The van der Waals surface area contributed by atoms with E-state index >= 15 is 0 Å². The highest BCUT2D eigenvalue weighted by Crippen LogP contribution is 2.25. The maximum atomic E-state index is 13.1. The number of aryl methyl sites for hydroxylation is 1. The summed E-state index contributed by atoms with van der Waals surface area (Å²) in [5, 5.41) is 4.00. The van der Waals surface area contributed by atoms with Crippen LogP contribution in [0.5, 0.6) is 0 Å². The van der Waals surface area contributed by atoms with Crippen LogP contribution in [-0.2, 0) is 6.42 Å². The lowest BCUT2D eigenvalue weighted by Gasteiger charge is -2.10. The molecule has 0 saturated heterocycles. The molecule has 0 radical (unpaired) electrons. The first-order valence-corrected chi connectivity index (χ1v) is 5.82. The van der Waals surface area contributed by atoms with Crippen molar-refractivity contribution < 1.29 is 4.39 Å². The Morgan fingerprint density at radius 3 is 3.00 bits per heavy atom. The Kier molecular flexibility index (Phi) is 3.26.